The molecule has 16 heavy (non-hydrogen) atoms. The van der Waals surface area contributed by atoms with E-state index in [2.05, 4.69) is 4.74 Å². The van der Waals surface area contributed by atoms with Crippen LogP contribution in [0.4, 0.5) is 0 Å². The Hall–Kier alpha value is -1.06. The molecule has 1 rings (SSSR count). The molecule has 0 radical (unpaired) electrons. The number of alkyl halides is 1. The van der Waals surface area contributed by atoms with Crippen LogP contribution >= 0.6 is 23.2 Å². The first-order valence-corrected chi connectivity index (χ1v) is 5.49. The van der Waals surface area contributed by atoms with Crippen LogP contribution in [-0.2, 0) is 4.74 Å². The molecule has 0 aliphatic rings. The van der Waals surface area contributed by atoms with Gasteiger partial charge < -0.3 is 4.74 Å². The van der Waals surface area contributed by atoms with Gasteiger partial charge in [-0.1, -0.05) is 17.7 Å². The summed E-state index contributed by atoms with van der Waals surface area (Å²) in [5.41, 5.74) is 0.349. The van der Waals surface area contributed by atoms with Gasteiger partial charge in [0.25, 0.3) is 0 Å². The lowest BCUT2D eigenvalue weighted by molar-refractivity contribution is 0.0597. The van der Waals surface area contributed by atoms with E-state index in [9.17, 15) is 9.59 Å². The van der Waals surface area contributed by atoms with Crippen molar-refractivity contribution >= 4 is 35.0 Å². The molecule has 0 amide bonds. The van der Waals surface area contributed by atoms with Crippen LogP contribution in [0.15, 0.2) is 18.2 Å². The molecular weight excluding hydrogens is 251 g/mol. The van der Waals surface area contributed by atoms with Crippen LogP contribution in [0.1, 0.15) is 27.1 Å². The quantitative estimate of drug-likeness (QED) is 0.475. The molecule has 5 heteroatoms. The van der Waals surface area contributed by atoms with Gasteiger partial charge in [0.05, 0.1) is 23.3 Å². The fraction of sp³-hybridized carbons (Fsp3) is 0.273. The molecule has 0 N–H and O–H groups in total. The molecule has 1 aromatic carbocycles. The second-order valence-electron chi connectivity index (χ2n) is 3.02. The van der Waals surface area contributed by atoms with Crippen molar-refractivity contribution in [2.24, 2.45) is 0 Å². The van der Waals surface area contributed by atoms with Gasteiger partial charge in [-0.3, -0.25) is 4.79 Å². The summed E-state index contributed by atoms with van der Waals surface area (Å²) < 4.78 is 4.58. The van der Waals surface area contributed by atoms with Gasteiger partial charge in [-0.25, -0.2) is 4.79 Å². The Kier molecular flexibility index (Phi) is 4.77. The molecule has 0 aliphatic heterocycles. The number of ether oxygens (including phenoxy) is 1. The number of hydrogen-bond donors (Lipinski definition) is 0. The highest BCUT2D eigenvalue weighted by molar-refractivity contribution is 6.35. The van der Waals surface area contributed by atoms with Gasteiger partial charge in [0, 0.05) is 12.3 Å². The standard InChI is InChI=1S/C11H10Cl2O3/c1-16-11(15)7-3-2-4-8(13)10(7)9(14)5-6-12/h2-4H,5-6H2,1H3. The maximum absolute atomic E-state index is 11.7. The molecule has 0 unspecified atom stereocenters. The first kappa shape index (κ1) is 13.0. The van der Waals surface area contributed by atoms with Crippen molar-refractivity contribution in [1.82, 2.24) is 0 Å². The first-order valence-electron chi connectivity index (χ1n) is 4.57. The van der Waals surface area contributed by atoms with Crippen LogP contribution in [0.25, 0.3) is 0 Å². The number of carbonyl (C=O) groups excluding carboxylic acids is 2. The molecular formula is C11H10Cl2O3. The summed E-state index contributed by atoms with van der Waals surface area (Å²) in [5, 5.41) is 0.234. The maximum atomic E-state index is 11.7. The number of rotatable bonds is 4. The van der Waals surface area contributed by atoms with Crippen molar-refractivity contribution in [3.05, 3.63) is 34.3 Å². The number of ketones is 1. The molecule has 0 saturated carbocycles. The van der Waals surface area contributed by atoms with E-state index in [-0.39, 0.29) is 34.2 Å². The van der Waals surface area contributed by atoms with Crippen LogP contribution in [0, 0.1) is 0 Å². The van der Waals surface area contributed by atoms with Crippen molar-refractivity contribution in [3.8, 4) is 0 Å². The van der Waals surface area contributed by atoms with Crippen molar-refractivity contribution in [1.29, 1.82) is 0 Å². The Labute approximate surface area is 103 Å². The molecule has 0 atom stereocenters. The van der Waals surface area contributed by atoms with E-state index in [1.54, 1.807) is 12.1 Å². The number of carbonyl (C=O) groups is 2. The molecule has 0 heterocycles. The lowest BCUT2D eigenvalue weighted by atomic mass is 10.0. The van der Waals surface area contributed by atoms with Gasteiger partial charge in [0.15, 0.2) is 5.78 Å². The molecule has 86 valence electrons. The summed E-state index contributed by atoms with van der Waals surface area (Å²) in [6.07, 6.45) is 0.134. The summed E-state index contributed by atoms with van der Waals surface area (Å²) in [5.74, 6) is -0.661. The van der Waals surface area contributed by atoms with E-state index in [1.807, 2.05) is 0 Å². The lowest BCUT2D eigenvalue weighted by Gasteiger charge is -2.07. The minimum Gasteiger partial charge on any atom is -0.465 e. The normalized spacial score (nSPS) is 9.94. The first-order chi connectivity index (χ1) is 7.61. The summed E-state index contributed by atoms with van der Waals surface area (Å²) in [6.45, 7) is 0. The number of hydrogen-bond acceptors (Lipinski definition) is 3. The van der Waals surface area contributed by atoms with E-state index in [1.165, 1.54) is 13.2 Å². The molecule has 0 aromatic heterocycles. The Morgan fingerprint density at radius 2 is 2.06 bits per heavy atom. The summed E-state index contributed by atoms with van der Waals surface area (Å²) in [6, 6.07) is 4.64. The van der Waals surface area contributed by atoms with Gasteiger partial charge in [0.1, 0.15) is 0 Å². The predicted molar refractivity (Wildman–Crippen MR) is 62.5 cm³/mol. The van der Waals surface area contributed by atoms with Gasteiger partial charge >= 0.3 is 5.97 Å². The maximum Gasteiger partial charge on any atom is 0.338 e. The van der Waals surface area contributed by atoms with Crippen LogP contribution in [0.2, 0.25) is 5.02 Å². The van der Waals surface area contributed by atoms with Gasteiger partial charge in [-0.05, 0) is 12.1 Å². The smallest absolute Gasteiger partial charge is 0.338 e. The largest absolute Gasteiger partial charge is 0.465 e. The highest BCUT2D eigenvalue weighted by atomic mass is 35.5. The Balaban J connectivity index is 3.23. The van der Waals surface area contributed by atoms with E-state index in [0.29, 0.717) is 0 Å². The number of Topliss-reactive ketones (excluding diaryl/α,β-unsaturated/α-hetero) is 1. The number of methoxy groups -OCH3 is 1. The summed E-state index contributed by atoms with van der Waals surface area (Å²) >= 11 is 11.4. The average Bonchev–Trinajstić information content (AvgIpc) is 2.27. The Bertz CT molecular complexity index is 416. The summed E-state index contributed by atoms with van der Waals surface area (Å²) in [4.78, 5) is 23.2. The van der Waals surface area contributed by atoms with Crippen molar-refractivity contribution in [3.63, 3.8) is 0 Å². The van der Waals surface area contributed by atoms with Crippen molar-refractivity contribution in [2.45, 2.75) is 6.42 Å². The minimum absolute atomic E-state index is 0.134. The van der Waals surface area contributed by atoms with Gasteiger partial charge in [0.2, 0.25) is 0 Å². The van der Waals surface area contributed by atoms with Gasteiger partial charge in [-0.2, -0.15) is 0 Å². The molecule has 0 fully saturated rings. The number of benzene rings is 1. The van der Waals surface area contributed by atoms with Crippen LogP contribution in [0.3, 0.4) is 0 Å². The second kappa shape index (κ2) is 5.87. The topological polar surface area (TPSA) is 43.4 Å². The molecule has 3 nitrogen and oxygen atoms in total. The summed E-state index contributed by atoms with van der Waals surface area (Å²) in [7, 11) is 1.25. The monoisotopic (exact) mass is 260 g/mol. The van der Waals surface area contributed by atoms with Crippen LogP contribution < -0.4 is 0 Å². The van der Waals surface area contributed by atoms with Gasteiger partial charge in [-0.15, -0.1) is 11.6 Å². The molecule has 0 spiro atoms. The minimum atomic E-state index is -0.583. The predicted octanol–water partition coefficient (Wildman–Crippen LogP) is 2.94. The zero-order valence-electron chi connectivity index (χ0n) is 8.63. The highest BCUT2D eigenvalue weighted by Crippen LogP contribution is 2.22. The Morgan fingerprint density at radius 3 is 2.62 bits per heavy atom. The van der Waals surface area contributed by atoms with Crippen molar-refractivity contribution < 1.29 is 14.3 Å². The average molecular weight is 261 g/mol. The third-order valence-electron chi connectivity index (χ3n) is 2.02. The third kappa shape index (κ3) is 2.74. The second-order valence-corrected chi connectivity index (χ2v) is 3.80. The van der Waals surface area contributed by atoms with E-state index in [4.69, 9.17) is 23.2 Å². The molecule has 0 saturated heterocycles. The number of esters is 1. The molecule has 1 aromatic rings. The molecule has 0 aliphatic carbocycles. The van der Waals surface area contributed by atoms with E-state index >= 15 is 0 Å². The SMILES string of the molecule is COC(=O)c1cccc(Cl)c1C(=O)CCCl. The zero-order valence-corrected chi connectivity index (χ0v) is 10.1. The molecule has 0 bridgehead atoms. The van der Waals surface area contributed by atoms with Crippen LogP contribution in [0.5, 0.6) is 0 Å². The number of halogens is 2. The highest BCUT2D eigenvalue weighted by Gasteiger charge is 2.19. The lowest BCUT2D eigenvalue weighted by Crippen LogP contribution is -2.11. The van der Waals surface area contributed by atoms with Crippen LogP contribution in [-0.4, -0.2) is 24.7 Å². The van der Waals surface area contributed by atoms with Crippen molar-refractivity contribution in [2.75, 3.05) is 13.0 Å². The fourth-order valence-corrected chi connectivity index (χ4v) is 1.75. The van der Waals surface area contributed by atoms with E-state index < -0.39 is 5.97 Å². The zero-order chi connectivity index (χ0) is 12.1. The third-order valence-corrected chi connectivity index (χ3v) is 2.52. The Morgan fingerprint density at radius 1 is 1.38 bits per heavy atom. The van der Waals surface area contributed by atoms with E-state index in [0.717, 1.165) is 0 Å². The fourth-order valence-electron chi connectivity index (χ4n) is 1.30.